The van der Waals surface area contributed by atoms with Crippen LogP contribution in [0.4, 0.5) is 5.69 Å². The molecule has 2 aromatic heterocycles. The molecular formula is C43H33BN3O+. The van der Waals surface area contributed by atoms with Crippen molar-refractivity contribution in [1.82, 2.24) is 9.97 Å². The Hall–Kier alpha value is -5.91. The SMILES string of the molecule is C1=[N+](c2cc(-c3ccccc3)cc(-c3ccncc3)c2)B(c2ccccc2)OCC1c1cc(-c2ccccc2)cc(-c2ccncc2)c1. The van der Waals surface area contributed by atoms with E-state index in [9.17, 15) is 0 Å². The first-order chi connectivity index (χ1) is 23.8. The summed E-state index contributed by atoms with van der Waals surface area (Å²) in [5.74, 6) is 0.0129. The molecule has 7 aromatic rings. The molecule has 228 valence electrons. The molecule has 1 atom stereocenters. The van der Waals surface area contributed by atoms with Gasteiger partial charge in [0.25, 0.3) is 0 Å². The highest BCUT2D eigenvalue weighted by Gasteiger charge is 2.42. The Balaban J connectivity index is 1.31. The van der Waals surface area contributed by atoms with E-state index >= 15 is 0 Å². The van der Waals surface area contributed by atoms with E-state index in [1.165, 1.54) is 16.7 Å². The lowest BCUT2D eigenvalue weighted by atomic mass is 9.70. The van der Waals surface area contributed by atoms with Crippen LogP contribution in [-0.4, -0.2) is 34.3 Å². The first-order valence-electron chi connectivity index (χ1n) is 16.3. The minimum atomic E-state index is -0.282. The van der Waals surface area contributed by atoms with Gasteiger partial charge in [-0.2, -0.15) is 0 Å². The lowest BCUT2D eigenvalue weighted by Gasteiger charge is -2.24. The molecule has 0 fully saturated rings. The number of hydrogen-bond acceptors (Lipinski definition) is 3. The van der Waals surface area contributed by atoms with Crippen LogP contribution in [0.25, 0.3) is 44.5 Å². The first-order valence-corrected chi connectivity index (χ1v) is 16.3. The summed E-state index contributed by atoms with van der Waals surface area (Å²) in [6.07, 6.45) is 9.77. The van der Waals surface area contributed by atoms with E-state index in [1.54, 1.807) is 0 Å². The normalized spacial score (nSPS) is 14.4. The molecule has 4 nitrogen and oxygen atoms in total. The zero-order valence-electron chi connectivity index (χ0n) is 26.4. The molecule has 1 aliphatic rings. The van der Waals surface area contributed by atoms with Crippen molar-refractivity contribution in [3.63, 3.8) is 0 Å². The molecule has 0 amide bonds. The minimum absolute atomic E-state index is 0.0129. The summed E-state index contributed by atoms with van der Waals surface area (Å²) in [7, 11) is -0.282. The van der Waals surface area contributed by atoms with Crippen molar-refractivity contribution in [1.29, 1.82) is 0 Å². The van der Waals surface area contributed by atoms with E-state index in [-0.39, 0.29) is 13.0 Å². The van der Waals surface area contributed by atoms with Crippen LogP contribution < -0.4 is 5.46 Å². The fourth-order valence-electron chi connectivity index (χ4n) is 6.51. The van der Waals surface area contributed by atoms with E-state index in [2.05, 4.69) is 172 Å². The van der Waals surface area contributed by atoms with Crippen molar-refractivity contribution < 1.29 is 9.14 Å². The summed E-state index contributed by atoms with van der Waals surface area (Å²) in [5, 5.41) is 0. The number of benzene rings is 5. The van der Waals surface area contributed by atoms with Gasteiger partial charge >= 0.3 is 7.05 Å². The molecule has 0 aliphatic carbocycles. The van der Waals surface area contributed by atoms with Crippen LogP contribution in [0.3, 0.4) is 0 Å². The van der Waals surface area contributed by atoms with Gasteiger partial charge in [-0.1, -0.05) is 103 Å². The number of pyridine rings is 2. The summed E-state index contributed by atoms with van der Waals surface area (Å²) < 4.78 is 9.18. The summed E-state index contributed by atoms with van der Waals surface area (Å²) >= 11 is 0. The smallest absolute Gasteiger partial charge is 0.368 e. The highest BCUT2D eigenvalue weighted by molar-refractivity contribution is 6.61. The molecule has 48 heavy (non-hydrogen) atoms. The van der Waals surface area contributed by atoms with Gasteiger partial charge in [-0.25, -0.2) is 0 Å². The molecule has 8 rings (SSSR count). The largest absolute Gasteiger partial charge is 0.696 e. The lowest BCUT2D eigenvalue weighted by molar-refractivity contribution is -0.308. The molecule has 1 unspecified atom stereocenters. The van der Waals surface area contributed by atoms with Crippen LogP contribution in [-0.2, 0) is 4.65 Å². The second-order valence-electron chi connectivity index (χ2n) is 12.1. The zero-order chi connectivity index (χ0) is 32.1. The van der Waals surface area contributed by atoms with Crippen LogP contribution in [0, 0.1) is 0 Å². The third-order valence-electron chi connectivity index (χ3n) is 8.95. The highest BCUT2D eigenvalue weighted by Crippen LogP contribution is 2.35. The van der Waals surface area contributed by atoms with E-state index in [4.69, 9.17) is 4.65 Å². The molecule has 0 saturated carbocycles. The summed E-state index contributed by atoms with van der Waals surface area (Å²) in [5.41, 5.74) is 12.6. The Morgan fingerprint density at radius 1 is 0.479 bits per heavy atom. The first kappa shape index (κ1) is 29.5. The maximum atomic E-state index is 6.86. The van der Waals surface area contributed by atoms with Crippen LogP contribution in [0.15, 0.2) is 176 Å². The average Bonchev–Trinajstić information content (AvgIpc) is 3.19. The Morgan fingerprint density at radius 3 is 1.42 bits per heavy atom. The van der Waals surface area contributed by atoms with Gasteiger partial charge in [0, 0.05) is 42.4 Å². The van der Waals surface area contributed by atoms with Crippen molar-refractivity contribution in [2.45, 2.75) is 5.92 Å². The zero-order valence-corrected chi connectivity index (χ0v) is 26.4. The second kappa shape index (κ2) is 13.4. The molecule has 0 saturated heterocycles. The number of rotatable bonds is 7. The van der Waals surface area contributed by atoms with E-state index in [0.717, 1.165) is 44.5 Å². The van der Waals surface area contributed by atoms with E-state index in [0.29, 0.717) is 6.61 Å². The minimum Gasteiger partial charge on any atom is -0.368 e. The molecule has 3 heterocycles. The summed E-state index contributed by atoms with van der Waals surface area (Å²) in [6, 6.07) is 53.6. The third kappa shape index (κ3) is 6.24. The number of hydrogen-bond donors (Lipinski definition) is 0. The summed E-state index contributed by atoms with van der Waals surface area (Å²) in [4.78, 5) is 8.54. The van der Waals surface area contributed by atoms with Gasteiger partial charge in [0.05, 0.1) is 12.5 Å². The predicted octanol–water partition coefficient (Wildman–Crippen LogP) is 9.07. The van der Waals surface area contributed by atoms with Gasteiger partial charge in [-0.05, 0) is 86.5 Å². The van der Waals surface area contributed by atoms with E-state index < -0.39 is 0 Å². The number of aromatic nitrogens is 2. The maximum absolute atomic E-state index is 6.86. The fraction of sp³-hybridized carbons (Fsp3) is 0.0465. The third-order valence-corrected chi connectivity index (χ3v) is 8.95. The molecular weight excluding hydrogens is 585 g/mol. The Kier molecular flexibility index (Phi) is 8.26. The van der Waals surface area contributed by atoms with Gasteiger partial charge in [0.1, 0.15) is 6.21 Å². The quantitative estimate of drug-likeness (QED) is 0.167. The van der Waals surface area contributed by atoms with Crippen LogP contribution >= 0.6 is 0 Å². The number of nitrogens with zero attached hydrogens (tertiary/aromatic N) is 3. The monoisotopic (exact) mass is 618 g/mol. The molecule has 5 heteroatoms. The van der Waals surface area contributed by atoms with Crippen molar-refractivity contribution in [2.24, 2.45) is 0 Å². The van der Waals surface area contributed by atoms with Crippen molar-refractivity contribution in [3.05, 3.63) is 182 Å². The van der Waals surface area contributed by atoms with Crippen molar-refractivity contribution in [3.8, 4) is 44.5 Å². The summed E-state index contributed by atoms with van der Waals surface area (Å²) in [6.45, 7) is 0.555. The average molecular weight is 619 g/mol. The highest BCUT2D eigenvalue weighted by atomic mass is 16.4. The predicted molar refractivity (Wildman–Crippen MR) is 197 cm³/mol. The van der Waals surface area contributed by atoms with Gasteiger partial charge in [-0.3, -0.25) is 14.5 Å². The molecule has 0 radical (unpaired) electrons. The van der Waals surface area contributed by atoms with Gasteiger partial charge in [0.2, 0.25) is 0 Å². The van der Waals surface area contributed by atoms with E-state index in [1.807, 2.05) is 24.8 Å². The Bertz CT molecular complexity index is 2060. The molecule has 0 spiro atoms. The van der Waals surface area contributed by atoms with Crippen molar-refractivity contribution >= 4 is 24.4 Å². The van der Waals surface area contributed by atoms with Crippen molar-refractivity contribution in [2.75, 3.05) is 6.61 Å². The molecule has 1 aliphatic heterocycles. The topological polar surface area (TPSA) is 38.0 Å². The fourth-order valence-corrected chi connectivity index (χ4v) is 6.51. The Morgan fingerprint density at radius 2 is 0.917 bits per heavy atom. The van der Waals surface area contributed by atoms with Gasteiger partial charge < -0.3 is 4.65 Å². The van der Waals surface area contributed by atoms with Gasteiger partial charge in [-0.15, -0.1) is 0 Å². The Labute approximate surface area is 281 Å². The van der Waals surface area contributed by atoms with Crippen LogP contribution in [0.5, 0.6) is 0 Å². The maximum Gasteiger partial charge on any atom is 0.696 e. The molecule has 0 bridgehead atoms. The van der Waals surface area contributed by atoms with Crippen LogP contribution in [0.1, 0.15) is 11.5 Å². The van der Waals surface area contributed by atoms with Crippen LogP contribution in [0.2, 0.25) is 0 Å². The standard InChI is InChI=1S/C43H33BN3O/c1-4-10-32(11-5-1)36-24-37(34-16-20-45-21-17-34)26-38(25-36)41-30-47(44(48-31-41)42-14-8-3-9-15-42)43-28-39(33-12-6-2-7-13-33)27-40(29-43)35-18-22-46-23-19-35/h1-30,41H,31H2/q+1. The lowest BCUT2D eigenvalue weighted by Crippen LogP contribution is -2.48. The van der Waals surface area contributed by atoms with Gasteiger partial charge in [0.15, 0.2) is 5.69 Å². The molecule has 0 N–H and O–H groups in total. The molecule has 5 aromatic carbocycles. The second-order valence-corrected chi connectivity index (χ2v) is 12.1.